The molecule has 0 aliphatic heterocycles. The van der Waals surface area contributed by atoms with Gasteiger partial charge in [-0.15, -0.1) is 0 Å². The second-order valence-electron chi connectivity index (χ2n) is 2.74. The van der Waals surface area contributed by atoms with Crippen molar-refractivity contribution in [2.24, 2.45) is 0 Å². The van der Waals surface area contributed by atoms with Crippen LogP contribution in [0.4, 0.5) is 0 Å². The zero-order valence-corrected chi connectivity index (χ0v) is 16.8. The van der Waals surface area contributed by atoms with Crippen molar-refractivity contribution in [2.45, 2.75) is 0 Å². The van der Waals surface area contributed by atoms with E-state index in [0.717, 1.165) is 33.7 Å². The molecule has 0 saturated carbocycles. The molecule has 0 aliphatic carbocycles. The minimum Gasteiger partial charge on any atom is -0.321 e. The molecular weight excluding hydrogens is 447 g/mol. The van der Waals surface area contributed by atoms with E-state index in [0.29, 0.717) is 13.2 Å². The van der Waals surface area contributed by atoms with Gasteiger partial charge in [0.1, 0.15) is 0 Å². The van der Waals surface area contributed by atoms with Crippen molar-refractivity contribution in [3.8, 4) is 0 Å². The average Bonchev–Trinajstić information content (AvgIpc) is 2.28. The fraction of sp³-hybridized carbons (Fsp3) is 1.00. The lowest BCUT2D eigenvalue weighted by Gasteiger charge is -2.16. The van der Waals surface area contributed by atoms with Gasteiger partial charge < -0.3 is 9.05 Å². The normalized spacial score (nSPS) is 11.9. The number of rotatable bonds is 12. The van der Waals surface area contributed by atoms with E-state index in [1.165, 1.54) is 0 Å². The van der Waals surface area contributed by atoms with Gasteiger partial charge in [-0.25, -0.2) is 0 Å². The van der Waals surface area contributed by atoms with Crippen molar-refractivity contribution in [1.82, 2.24) is 0 Å². The predicted molar refractivity (Wildman–Crippen MR) is 97.4 cm³/mol. The van der Waals surface area contributed by atoms with Crippen LogP contribution in [0.2, 0.25) is 0 Å². The number of hydrogen-bond donors (Lipinski definition) is 1. The SMILES string of the molecule is S=P(S)(OCCSCCBr)OCCSCCBr. The molecule has 9 heteroatoms. The highest BCUT2D eigenvalue weighted by atomic mass is 79.9. The fourth-order valence-corrected chi connectivity index (χ4v) is 5.08. The molecule has 0 heterocycles. The number of alkyl halides is 2. The van der Waals surface area contributed by atoms with Gasteiger partial charge in [0, 0.05) is 33.7 Å². The van der Waals surface area contributed by atoms with Crippen LogP contribution in [0.1, 0.15) is 0 Å². The van der Waals surface area contributed by atoms with E-state index in [1.54, 1.807) is 0 Å². The Morgan fingerprint density at radius 3 is 1.71 bits per heavy atom. The number of hydrogen-bond acceptors (Lipinski definition) is 5. The summed E-state index contributed by atoms with van der Waals surface area (Å²) in [6.07, 6.45) is 0. The van der Waals surface area contributed by atoms with Crippen molar-refractivity contribution in [2.75, 3.05) is 46.9 Å². The van der Waals surface area contributed by atoms with Gasteiger partial charge in [0.05, 0.1) is 13.2 Å². The summed E-state index contributed by atoms with van der Waals surface area (Å²) in [7, 11) is 0. The Morgan fingerprint density at radius 1 is 0.941 bits per heavy atom. The minimum atomic E-state index is -2.31. The van der Waals surface area contributed by atoms with E-state index in [-0.39, 0.29) is 0 Å². The molecule has 0 atom stereocenters. The molecule has 104 valence electrons. The molecule has 0 N–H and O–H groups in total. The highest BCUT2D eigenvalue weighted by Crippen LogP contribution is 2.53. The molecule has 0 rings (SSSR count). The van der Waals surface area contributed by atoms with Crippen molar-refractivity contribution in [3.05, 3.63) is 0 Å². The first-order valence-electron chi connectivity index (χ1n) is 5.01. The predicted octanol–water partition coefficient (Wildman–Crippen LogP) is 4.43. The van der Waals surface area contributed by atoms with Gasteiger partial charge in [-0.05, 0) is 11.8 Å². The summed E-state index contributed by atoms with van der Waals surface area (Å²) in [5.74, 6) is 4.05. The molecule has 0 bridgehead atoms. The number of halogens is 2. The Balaban J connectivity index is 3.42. The van der Waals surface area contributed by atoms with Crippen LogP contribution < -0.4 is 0 Å². The standard InChI is InChI=1S/C8H17Br2O2PS4/c9-1-5-16-7-3-11-13(14,15)12-4-8-17-6-2-10/h1-8H2,(H,14,15). The molecule has 0 amide bonds. The van der Waals surface area contributed by atoms with Crippen LogP contribution in [0, 0.1) is 0 Å². The Morgan fingerprint density at radius 2 is 1.35 bits per heavy atom. The summed E-state index contributed by atoms with van der Waals surface area (Å²) in [4.78, 5) is 0. The first-order chi connectivity index (χ1) is 8.12. The van der Waals surface area contributed by atoms with Gasteiger partial charge in [0.25, 0.3) is 0 Å². The maximum absolute atomic E-state index is 5.50. The molecule has 0 unspecified atom stereocenters. The Labute approximate surface area is 140 Å². The molecule has 0 aromatic rings. The maximum Gasteiger partial charge on any atom is 0.244 e. The third-order valence-corrected chi connectivity index (χ3v) is 7.49. The summed E-state index contributed by atoms with van der Waals surface area (Å²) in [5.41, 5.74) is -2.31. The summed E-state index contributed by atoms with van der Waals surface area (Å²) in [5, 5.41) is 2.02. The topological polar surface area (TPSA) is 18.5 Å². The first kappa shape index (κ1) is 19.6. The van der Waals surface area contributed by atoms with Gasteiger partial charge in [-0.3, -0.25) is 0 Å². The zero-order valence-electron chi connectivity index (χ0n) is 9.35. The molecule has 0 radical (unpaired) electrons. The monoisotopic (exact) mass is 462 g/mol. The Kier molecular flexibility index (Phi) is 15.6. The summed E-state index contributed by atoms with van der Waals surface area (Å²) in [6, 6.07) is 0. The van der Waals surface area contributed by atoms with Crippen LogP contribution in [0.15, 0.2) is 0 Å². The molecule has 0 aromatic carbocycles. The highest BCUT2D eigenvalue weighted by Gasteiger charge is 2.12. The Bertz CT molecular complexity index is 206. The van der Waals surface area contributed by atoms with Gasteiger partial charge in [0.2, 0.25) is 5.69 Å². The third-order valence-electron chi connectivity index (χ3n) is 1.41. The summed E-state index contributed by atoms with van der Waals surface area (Å²) >= 11 is 19.9. The van der Waals surface area contributed by atoms with E-state index in [9.17, 15) is 0 Å². The first-order valence-corrected chi connectivity index (χ1v) is 13.4. The Hall–Kier alpha value is 2.58. The number of thiol groups is 1. The van der Waals surface area contributed by atoms with Crippen LogP contribution >= 0.6 is 73.3 Å². The number of thioether (sulfide) groups is 2. The van der Waals surface area contributed by atoms with E-state index in [2.05, 4.69) is 44.1 Å². The van der Waals surface area contributed by atoms with E-state index >= 15 is 0 Å². The molecule has 2 nitrogen and oxygen atoms in total. The van der Waals surface area contributed by atoms with Gasteiger partial charge in [0.15, 0.2) is 0 Å². The average molecular weight is 464 g/mol. The lowest BCUT2D eigenvalue weighted by atomic mass is 10.9. The molecular formula is C8H17Br2O2PS4. The van der Waals surface area contributed by atoms with Gasteiger partial charge >= 0.3 is 0 Å². The van der Waals surface area contributed by atoms with Crippen LogP contribution in [0.5, 0.6) is 0 Å². The lowest BCUT2D eigenvalue weighted by Crippen LogP contribution is -2.00. The van der Waals surface area contributed by atoms with Crippen LogP contribution in [-0.2, 0) is 20.9 Å². The molecule has 0 aromatic heterocycles. The second-order valence-corrected chi connectivity index (χ2v) is 12.1. The van der Waals surface area contributed by atoms with E-state index in [4.69, 9.17) is 20.9 Å². The van der Waals surface area contributed by atoms with Crippen molar-refractivity contribution in [1.29, 1.82) is 0 Å². The van der Waals surface area contributed by atoms with Crippen LogP contribution in [0.3, 0.4) is 0 Å². The largest absolute Gasteiger partial charge is 0.321 e. The third kappa shape index (κ3) is 14.8. The van der Waals surface area contributed by atoms with Crippen molar-refractivity contribution < 1.29 is 9.05 Å². The molecule has 17 heavy (non-hydrogen) atoms. The van der Waals surface area contributed by atoms with E-state index in [1.807, 2.05) is 23.5 Å². The van der Waals surface area contributed by atoms with Gasteiger partial charge in [-0.2, -0.15) is 23.5 Å². The highest BCUT2D eigenvalue weighted by molar-refractivity contribution is 9.09. The van der Waals surface area contributed by atoms with Gasteiger partial charge in [-0.1, -0.05) is 44.1 Å². The molecule has 0 saturated heterocycles. The summed E-state index contributed by atoms with van der Waals surface area (Å²) < 4.78 is 11.0. The summed E-state index contributed by atoms with van der Waals surface area (Å²) in [6.45, 7) is 1.24. The minimum absolute atomic E-state index is 0.618. The second kappa shape index (κ2) is 13.6. The van der Waals surface area contributed by atoms with Crippen LogP contribution in [0.25, 0.3) is 0 Å². The molecule has 0 fully saturated rings. The fourth-order valence-electron chi connectivity index (χ4n) is 0.774. The van der Waals surface area contributed by atoms with Crippen molar-refractivity contribution >= 4 is 85.1 Å². The smallest absolute Gasteiger partial charge is 0.244 e. The lowest BCUT2D eigenvalue weighted by molar-refractivity contribution is 0.284. The zero-order chi connectivity index (χ0) is 13.0. The molecule has 0 aliphatic rings. The quantitative estimate of drug-likeness (QED) is 0.199. The van der Waals surface area contributed by atoms with Crippen LogP contribution in [-0.4, -0.2) is 46.9 Å². The maximum atomic E-state index is 5.50. The molecule has 0 spiro atoms. The van der Waals surface area contributed by atoms with Crippen molar-refractivity contribution in [3.63, 3.8) is 0 Å². The van der Waals surface area contributed by atoms with E-state index < -0.39 is 5.69 Å².